The summed E-state index contributed by atoms with van der Waals surface area (Å²) < 4.78 is 0. The summed E-state index contributed by atoms with van der Waals surface area (Å²) in [7, 11) is 0. The lowest BCUT2D eigenvalue weighted by molar-refractivity contribution is -0.102. The quantitative estimate of drug-likeness (QED) is 0.358. The zero-order valence-corrected chi connectivity index (χ0v) is 7.56. The van der Waals surface area contributed by atoms with Crippen LogP contribution in [-0.2, 0) is 9.63 Å². The number of carbonyl (C=O) groups is 1. The number of piperidine rings is 3. The predicted octanol–water partition coefficient (Wildman–Crippen LogP) is 0.282. The molecule has 72 valence electrons. The number of fused-ring (bicyclic) bond motifs is 3. The van der Waals surface area contributed by atoms with Crippen molar-refractivity contribution >= 4 is 12.5 Å². The Labute approximate surface area is 77.5 Å². The van der Waals surface area contributed by atoms with Crippen LogP contribution < -0.4 is 0 Å². The molecule has 4 nitrogen and oxygen atoms in total. The minimum absolute atomic E-state index is 0.207. The molecule has 1 atom stereocenters. The molecule has 1 unspecified atom stereocenters. The molecule has 3 saturated heterocycles. The molecule has 4 heteroatoms. The molecule has 3 heterocycles. The van der Waals surface area contributed by atoms with Crippen molar-refractivity contribution in [3.05, 3.63) is 0 Å². The fourth-order valence-electron chi connectivity index (χ4n) is 2.17. The molecule has 0 radical (unpaired) electrons. The van der Waals surface area contributed by atoms with E-state index < -0.39 is 0 Å². The first kappa shape index (κ1) is 8.69. The molecule has 3 aliphatic heterocycles. The van der Waals surface area contributed by atoms with E-state index in [-0.39, 0.29) is 6.10 Å². The summed E-state index contributed by atoms with van der Waals surface area (Å²) in [5.41, 5.74) is 0. The molecule has 3 rings (SSSR count). The number of hydrogen-bond donors (Lipinski definition) is 0. The van der Waals surface area contributed by atoms with Gasteiger partial charge in [-0.15, -0.1) is 0 Å². The van der Waals surface area contributed by atoms with Crippen LogP contribution in [0.5, 0.6) is 0 Å². The second-order valence-electron chi connectivity index (χ2n) is 3.67. The van der Waals surface area contributed by atoms with Gasteiger partial charge in [0.1, 0.15) is 12.3 Å². The Bertz CT molecular complexity index is 210. The van der Waals surface area contributed by atoms with E-state index in [1.54, 1.807) is 0 Å². The van der Waals surface area contributed by atoms with E-state index in [0.29, 0.717) is 12.2 Å². The largest absolute Gasteiger partial charge is 0.391 e. The van der Waals surface area contributed by atoms with E-state index in [4.69, 9.17) is 4.84 Å². The first-order valence-corrected chi connectivity index (χ1v) is 4.75. The first-order valence-electron chi connectivity index (χ1n) is 4.75. The lowest BCUT2D eigenvalue weighted by Crippen LogP contribution is -2.50. The fourth-order valence-corrected chi connectivity index (χ4v) is 2.17. The van der Waals surface area contributed by atoms with Gasteiger partial charge in [0, 0.05) is 12.5 Å². The number of rotatable bonds is 3. The van der Waals surface area contributed by atoms with Crippen LogP contribution in [0, 0.1) is 5.92 Å². The van der Waals surface area contributed by atoms with E-state index in [2.05, 4.69) is 10.1 Å². The molecule has 3 fully saturated rings. The van der Waals surface area contributed by atoms with Crippen molar-refractivity contribution in [3.63, 3.8) is 0 Å². The van der Waals surface area contributed by atoms with Crippen LogP contribution in [0.3, 0.4) is 0 Å². The second kappa shape index (κ2) is 3.87. The summed E-state index contributed by atoms with van der Waals surface area (Å²) in [6, 6.07) is 0. The molecule has 0 aromatic rings. The maximum Gasteiger partial charge on any atom is 0.164 e. The van der Waals surface area contributed by atoms with E-state index in [9.17, 15) is 4.79 Å². The van der Waals surface area contributed by atoms with Gasteiger partial charge in [-0.25, -0.2) is 0 Å². The van der Waals surface area contributed by atoms with Crippen molar-refractivity contribution in [2.75, 3.05) is 19.6 Å². The maximum absolute atomic E-state index is 9.97. The van der Waals surface area contributed by atoms with Crippen molar-refractivity contribution in [2.45, 2.75) is 18.9 Å². The molecule has 2 bridgehead atoms. The van der Waals surface area contributed by atoms with Gasteiger partial charge in [0.05, 0.1) is 0 Å². The van der Waals surface area contributed by atoms with Gasteiger partial charge < -0.3 is 4.84 Å². The number of aldehydes is 1. The third-order valence-electron chi connectivity index (χ3n) is 2.91. The second-order valence-corrected chi connectivity index (χ2v) is 3.67. The first-order chi connectivity index (χ1) is 6.40. The van der Waals surface area contributed by atoms with E-state index in [1.807, 2.05) is 0 Å². The predicted molar refractivity (Wildman–Crippen MR) is 48.6 cm³/mol. The lowest BCUT2D eigenvalue weighted by Gasteiger charge is -2.42. The van der Waals surface area contributed by atoms with Crippen LogP contribution >= 0.6 is 0 Å². The van der Waals surface area contributed by atoms with E-state index >= 15 is 0 Å². The lowest BCUT2D eigenvalue weighted by atomic mass is 9.86. The van der Waals surface area contributed by atoms with Crippen molar-refractivity contribution in [1.82, 2.24) is 4.90 Å². The average molecular weight is 182 g/mol. The fraction of sp³-hybridized carbons (Fsp3) is 0.778. The summed E-state index contributed by atoms with van der Waals surface area (Å²) in [4.78, 5) is 17.6. The maximum atomic E-state index is 9.97. The molecule has 0 amide bonds. The Morgan fingerprint density at radius 1 is 1.38 bits per heavy atom. The summed E-state index contributed by atoms with van der Waals surface area (Å²) in [6.07, 6.45) is 4.43. The Morgan fingerprint density at radius 3 is 2.69 bits per heavy atom. The number of oxime groups is 1. The zero-order valence-electron chi connectivity index (χ0n) is 7.56. The molecule has 0 N–H and O–H groups in total. The summed E-state index contributed by atoms with van der Waals surface area (Å²) in [6.45, 7) is 3.37. The SMILES string of the molecule is O=CC=NOC1CN2CCC1CC2. The van der Waals surface area contributed by atoms with Gasteiger partial charge in [-0.05, 0) is 25.9 Å². The molecular formula is C9H14N2O2. The van der Waals surface area contributed by atoms with Crippen LogP contribution in [0.2, 0.25) is 0 Å². The van der Waals surface area contributed by atoms with Crippen molar-refractivity contribution < 1.29 is 9.63 Å². The zero-order chi connectivity index (χ0) is 9.10. The topological polar surface area (TPSA) is 41.9 Å². The van der Waals surface area contributed by atoms with Crippen LogP contribution in [0.15, 0.2) is 5.16 Å². The highest BCUT2D eigenvalue weighted by Gasteiger charge is 2.35. The van der Waals surface area contributed by atoms with Gasteiger partial charge in [0.25, 0.3) is 0 Å². The standard InChI is InChI=1S/C9H14N2O2/c12-6-3-10-13-9-7-11-4-1-8(9)2-5-11/h3,6,8-9H,1-2,4-5,7H2. The minimum atomic E-state index is 0.207. The smallest absolute Gasteiger partial charge is 0.164 e. The van der Waals surface area contributed by atoms with Gasteiger partial charge >= 0.3 is 0 Å². The van der Waals surface area contributed by atoms with Crippen LogP contribution in [0.25, 0.3) is 0 Å². The van der Waals surface area contributed by atoms with E-state index in [0.717, 1.165) is 12.8 Å². The Balaban J connectivity index is 1.86. The van der Waals surface area contributed by atoms with E-state index in [1.165, 1.54) is 25.9 Å². The van der Waals surface area contributed by atoms with Gasteiger partial charge in [-0.2, -0.15) is 0 Å². The van der Waals surface area contributed by atoms with Crippen molar-refractivity contribution in [2.24, 2.45) is 11.1 Å². The Hall–Kier alpha value is -0.900. The third kappa shape index (κ3) is 1.88. The van der Waals surface area contributed by atoms with Crippen molar-refractivity contribution in [1.29, 1.82) is 0 Å². The average Bonchev–Trinajstić information content (AvgIpc) is 2.20. The molecule has 0 aliphatic carbocycles. The third-order valence-corrected chi connectivity index (χ3v) is 2.91. The normalized spacial score (nSPS) is 38.0. The molecule has 0 aromatic carbocycles. The molecule has 3 aliphatic rings. The summed E-state index contributed by atoms with van der Waals surface area (Å²) in [5.74, 6) is 0.647. The van der Waals surface area contributed by atoms with Crippen LogP contribution in [0.1, 0.15) is 12.8 Å². The minimum Gasteiger partial charge on any atom is -0.391 e. The number of carbonyl (C=O) groups excluding carboxylic acids is 1. The molecule has 0 aromatic heterocycles. The molecule has 0 saturated carbocycles. The molecular weight excluding hydrogens is 168 g/mol. The monoisotopic (exact) mass is 182 g/mol. The van der Waals surface area contributed by atoms with Gasteiger partial charge in [-0.3, -0.25) is 9.69 Å². The highest BCUT2D eigenvalue weighted by Crippen LogP contribution is 2.29. The number of hydrogen-bond acceptors (Lipinski definition) is 4. The molecule has 0 spiro atoms. The Kier molecular flexibility index (Phi) is 2.59. The highest BCUT2D eigenvalue weighted by atomic mass is 16.6. The number of nitrogens with zero attached hydrogens (tertiary/aromatic N) is 2. The summed E-state index contributed by atoms with van der Waals surface area (Å²) >= 11 is 0. The Morgan fingerprint density at radius 2 is 2.15 bits per heavy atom. The van der Waals surface area contributed by atoms with Crippen molar-refractivity contribution in [3.8, 4) is 0 Å². The summed E-state index contributed by atoms with van der Waals surface area (Å²) in [5, 5.41) is 3.61. The molecule has 13 heavy (non-hydrogen) atoms. The highest BCUT2D eigenvalue weighted by molar-refractivity contribution is 6.12. The van der Waals surface area contributed by atoms with Gasteiger partial charge in [-0.1, -0.05) is 5.16 Å². The van der Waals surface area contributed by atoms with Crippen LogP contribution in [-0.4, -0.2) is 43.1 Å². The van der Waals surface area contributed by atoms with Gasteiger partial charge in [0.2, 0.25) is 0 Å². The van der Waals surface area contributed by atoms with Gasteiger partial charge in [0.15, 0.2) is 6.29 Å². The van der Waals surface area contributed by atoms with Crippen LogP contribution in [0.4, 0.5) is 0 Å².